The Labute approximate surface area is 181 Å². The molecule has 0 saturated carbocycles. The van der Waals surface area contributed by atoms with Crippen LogP contribution in [0, 0.1) is 0 Å². The van der Waals surface area contributed by atoms with Crippen LogP contribution in [0.5, 0.6) is 0 Å². The minimum atomic E-state index is -5.13. The lowest BCUT2D eigenvalue weighted by Gasteiger charge is -2.33. The zero-order chi connectivity index (χ0) is 22.5. The van der Waals surface area contributed by atoms with Crippen LogP contribution in [-0.2, 0) is 19.7 Å². The molecule has 0 radical (unpaired) electrons. The van der Waals surface area contributed by atoms with Crippen molar-refractivity contribution in [2.75, 3.05) is 13.2 Å². The Kier molecular flexibility index (Phi) is 7.60. The fourth-order valence-electron chi connectivity index (χ4n) is 2.83. The van der Waals surface area contributed by atoms with E-state index in [0.717, 1.165) is 12.1 Å². The highest BCUT2D eigenvalue weighted by molar-refractivity contribution is 7.80. The highest BCUT2D eigenvalue weighted by atomic mass is 35.5. The standard InChI is InChI=1S/C21H18ClF3O4S/c1-3-28-18(27)20(21(23,24)25,19(30)29-4-2)15-9-5-13(6-10-15)17(26)14-7-11-16(22)12-8-14/h5-12H,3-4H2,1-2H3. The van der Waals surface area contributed by atoms with Crippen molar-refractivity contribution in [1.29, 1.82) is 0 Å². The number of thiocarbonyl (C=S) groups is 1. The van der Waals surface area contributed by atoms with Crippen LogP contribution in [-0.4, -0.2) is 36.2 Å². The number of rotatable bonds is 7. The maximum absolute atomic E-state index is 14.2. The molecule has 0 amide bonds. The third-order valence-electron chi connectivity index (χ3n) is 4.27. The highest BCUT2D eigenvalue weighted by Crippen LogP contribution is 2.44. The van der Waals surface area contributed by atoms with E-state index in [2.05, 4.69) is 0 Å². The van der Waals surface area contributed by atoms with Crippen LogP contribution in [0.1, 0.15) is 35.3 Å². The van der Waals surface area contributed by atoms with Crippen LogP contribution in [0.25, 0.3) is 0 Å². The van der Waals surface area contributed by atoms with E-state index in [-0.39, 0.29) is 18.8 Å². The molecule has 2 aromatic carbocycles. The molecule has 0 aliphatic rings. The summed E-state index contributed by atoms with van der Waals surface area (Å²) in [5.74, 6) is -2.01. The van der Waals surface area contributed by atoms with Gasteiger partial charge in [0.25, 0.3) is 5.41 Å². The second kappa shape index (κ2) is 9.57. The van der Waals surface area contributed by atoms with Crippen molar-refractivity contribution in [3.8, 4) is 0 Å². The van der Waals surface area contributed by atoms with Gasteiger partial charge in [-0.1, -0.05) is 35.9 Å². The van der Waals surface area contributed by atoms with Gasteiger partial charge in [0.1, 0.15) is 0 Å². The fourth-order valence-corrected chi connectivity index (χ4v) is 3.39. The summed E-state index contributed by atoms with van der Waals surface area (Å²) >= 11 is 10.7. The molecular weight excluding hydrogens is 441 g/mol. The summed E-state index contributed by atoms with van der Waals surface area (Å²) < 4.78 is 52.3. The smallest absolute Gasteiger partial charge is 0.416 e. The number of esters is 1. The van der Waals surface area contributed by atoms with Gasteiger partial charge in [-0.2, -0.15) is 13.2 Å². The Morgan fingerprint density at radius 3 is 1.80 bits per heavy atom. The molecule has 30 heavy (non-hydrogen) atoms. The molecule has 1 atom stereocenters. The van der Waals surface area contributed by atoms with E-state index in [1.165, 1.54) is 50.2 Å². The van der Waals surface area contributed by atoms with E-state index in [1.54, 1.807) is 0 Å². The number of alkyl halides is 3. The van der Waals surface area contributed by atoms with Crippen molar-refractivity contribution in [3.05, 3.63) is 70.2 Å². The van der Waals surface area contributed by atoms with Gasteiger partial charge in [0, 0.05) is 16.1 Å². The molecule has 0 bridgehead atoms. The Morgan fingerprint density at radius 1 is 0.900 bits per heavy atom. The largest absolute Gasteiger partial charge is 0.485 e. The monoisotopic (exact) mass is 458 g/mol. The number of halogens is 4. The van der Waals surface area contributed by atoms with Gasteiger partial charge < -0.3 is 9.47 Å². The SMILES string of the molecule is CCOC(=O)C(C(=S)OCC)(c1ccc(C(=O)c2ccc(Cl)cc2)cc1)C(F)(F)F. The molecule has 0 saturated heterocycles. The molecule has 0 N–H and O–H groups in total. The lowest BCUT2D eigenvalue weighted by molar-refractivity contribution is -0.196. The number of benzene rings is 2. The molecule has 0 spiro atoms. The van der Waals surface area contributed by atoms with Gasteiger partial charge in [0.2, 0.25) is 0 Å². The van der Waals surface area contributed by atoms with Crippen molar-refractivity contribution in [3.63, 3.8) is 0 Å². The van der Waals surface area contributed by atoms with Crippen LogP contribution < -0.4 is 0 Å². The average Bonchev–Trinajstić information content (AvgIpc) is 2.68. The summed E-state index contributed by atoms with van der Waals surface area (Å²) in [7, 11) is 0. The third-order valence-corrected chi connectivity index (χ3v) is 4.95. The zero-order valence-corrected chi connectivity index (χ0v) is 17.7. The van der Waals surface area contributed by atoms with Gasteiger partial charge in [-0.25, -0.2) is 0 Å². The van der Waals surface area contributed by atoms with Crippen LogP contribution in [0.3, 0.4) is 0 Å². The second-order valence-electron chi connectivity index (χ2n) is 6.10. The van der Waals surface area contributed by atoms with E-state index in [9.17, 15) is 22.8 Å². The number of ketones is 1. The van der Waals surface area contributed by atoms with Crippen LogP contribution in [0.15, 0.2) is 48.5 Å². The quantitative estimate of drug-likeness (QED) is 0.320. The van der Waals surface area contributed by atoms with Crippen LogP contribution in [0.4, 0.5) is 13.2 Å². The predicted octanol–water partition coefficient (Wildman–Crippen LogP) is 5.30. The molecule has 1 unspecified atom stereocenters. The number of carbonyl (C=O) groups excluding carboxylic acids is 2. The Bertz CT molecular complexity index is 907. The molecule has 2 rings (SSSR count). The van der Waals surface area contributed by atoms with E-state index in [4.69, 9.17) is 33.3 Å². The van der Waals surface area contributed by atoms with E-state index in [1.807, 2.05) is 0 Å². The number of hydrogen-bond donors (Lipinski definition) is 0. The minimum Gasteiger partial charge on any atom is -0.485 e. The first kappa shape index (κ1) is 23.8. The van der Waals surface area contributed by atoms with Crippen molar-refractivity contribution < 1.29 is 32.2 Å². The first-order valence-electron chi connectivity index (χ1n) is 8.91. The van der Waals surface area contributed by atoms with E-state index >= 15 is 0 Å². The maximum atomic E-state index is 14.2. The first-order chi connectivity index (χ1) is 14.1. The van der Waals surface area contributed by atoms with Crippen molar-refractivity contribution in [2.24, 2.45) is 0 Å². The van der Waals surface area contributed by atoms with Gasteiger partial charge >= 0.3 is 12.1 Å². The number of carbonyl (C=O) groups is 2. The summed E-state index contributed by atoms with van der Waals surface area (Å²) in [4.78, 5) is 25.1. The first-order valence-corrected chi connectivity index (χ1v) is 9.70. The summed E-state index contributed by atoms with van der Waals surface area (Å²) in [6.07, 6.45) is -5.13. The van der Waals surface area contributed by atoms with Crippen LogP contribution >= 0.6 is 23.8 Å². The molecule has 0 heterocycles. The minimum absolute atomic E-state index is 0.128. The normalized spacial score (nSPS) is 13.3. The van der Waals surface area contributed by atoms with Gasteiger partial charge in [0.05, 0.1) is 13.2 Å². The number of ether oxygens (including phenoxy) is 2. The summed E-state index contributed by atoms with van der Waals surface area (Å²) in [5.41, 5.74) is -3.36. The molecule has 2 aromatic rings. The lowest BCUT2D eigenvalue weighted by Crippen LogP contribution is -2.56. The molecule has 0 fully saturated rings. The number of hydrogen-bond acceptors (Lipinski definition) is 5. The topological polar surface area (TPSA) is 52.6 Å². The van der Waals surface area contributed by atoms with E-state index in [0.29, 0.717) is 10.6 Å². The van der Waals surface area contributed by atoms with Crippen molar-refractivity contribution in [1.82, 2.24) is 0 Å². The van der Waals surface area contributed by atoms with Gasteiger partial charge in [-0.05, 0) is 55.9 Å². The zero-order valence-electron chi connectivity index (χ0n) is 16.1. The lowest BCUT2D eigenvalue weighted by atomic mass is 9.79. The van der Waals surface area contributed by atoms with Crippen molar-refractivity contribution >= 4 is 40.6 Å². The Hall–Kier alpha value is -2.45. The summed E-state index contributed by atoms with van der Waals surface area (Å²) in [6.45, 7) is 2.39. The van der Waals surface area contributed by atoms with Crippen LogP contribution in [0.2, 0.25) is 5.02 Å². The second-order valence-corrected chi connectivity index (χ2v) is 6.91. The summed E-state index contributed by atoms with van der Waals surface area (Å²) in [5, 5.41) is -0.525. The average molecular weight is 459 g/mol. The van der Waals surface area contributed by atoms with Gasteiger partial charge in [-0.15, -0.1) is 0 Å². The highest BCUT2D eigenvalue weighted by Gasteiger charge is 2.67. The fraction of sp³-hybridized carbons (Fsp3) is 0.286. The molecule has 160 valence electrons. The summed E-state index contributed by atoms with van der Waals surface area (Å²) in [6, 6.07) is 10.5. The molecular formula is C21H18ClF3O4S. The van der Waals surface area contributed by atoms with Gasteiger partial charge in [0.15, 0.2) is 10.8 Å². The molecule has 4 nitrogen and oxygen atoms in total. The third kappa shape index (κ3) is 4.49. The molecule has 0 aliphatic carbocycles. The van der Waals surface area contributed by atoms with Crippen molar-refractivity contribution in [2.45, 2.75) is 25.4 Å². The molecule has 0 aromatic heterocycles. The van der Waals surface area contributed by atoms with E-state index < -0.39 is 34.0 Å². The molecule has 9 heteroatoms. The molecule has 0 aliphatic heterocycles. The maximum Gasteiger partial charge on any atom is 0.416 e. The van der Waals surface area contributed by atoms with Gasteiger partial charge in [-0.3, -0.25) is 9.59 Å². The predicted molar refractivity (Wildman–Crippen MR) is 110 cm³/mol. The Morgan fingerprint density at radius 2 is 1.37 bits per heavy atom. The Balaban J connectivity index is 2.56.